The number of fused-ring (bicyclic) bond motifs is 2. The molecular formula is C30H32N2OS. The third-order valence-corrected chi connectivity index (χ3v) is 8.02. The minimum absolute atomic E-state index is 0.135. The van der Waals surface area contributed by atoms with Crippen molar-refractivity contribution >= 4 is 29.1 Å². The average Bonchev–Trinajstić information content (AvgIpc) is 3.01. The fourth-order valence-electron chi connectivity index (χ4n) is 5.00. The smallest absolute Gasteiger partial charge is 0.253 e. The number of aryl methyl sites for hydroxylation is 1. The van der Waals surface area contributed by atoms with Gasteiger partial charge in [0.2, 0.25) is 0 Å². The van der Waals surface area contributed by atoms with Gasteiger partial charge in [0.1, 0.15) is 0 Å². The summed E-state index contributed by atoms with van der Waals surface area (Å²) in [6, 6.07) is 23.4. The zero-order valence-corrected chi connectivity index (χ0v) is 20.9. The Labute approximate surface area is 207 Å². The molecule has 0 radical (unpaired) electrons. The number of piperidine rings is 1. The normalized spacial score (nSPS) is 15.8. The molecule has 2 heterocycles. The van der Waals surface area contributed by atoms with Crippen LogP contribution in [0.3, 0.4) is 0 Å². The second-order valence-corrected chi connectivity index (χ2v) is 10.6. The number of likely N-dealkylation sites (tertiary alicyclic amines) is 1. The maximum absolute atomic E-state index is 13.4. The second kappa shape index (κ2) is 10.2. The fourth-order valence-corrected chi connectivity index (χ4v) is 6.01. The summed E-state index contributed by atoms with van der Waals surface area (Å²) in [6.45, 7) is 5.99. The van der Waals surface area contributed by atoms with E-state index in [0.29, 0.717) is 5.92 Å². The number of carbonyl (C=O) groups is 1. The highest BCUT2D eigenvalue weighted by molar-refractivity contribution is 7.99. The van der Waals surface area contributed by atoms with Crippen molar-refractivity contribution < 1.29 is 4.79 Å². The molecule has 0 aliphatic carbocycles. The molecule has 0 aromatic heterocycles. The molecule has 0 unspecified atom stereocenters. The molecule has 0 atom stereocenters. The molecule has 0 N–H and O–H groups in total. The molecule has 3 aromatic carbocycles. The number of benzene rings is 3. The number of rotatable bonds is 5. The van der Waals surface area contributed by atoms with E-state index in [-0.39, 0.29) is 5.91 Å². The molecule has 0 bridgehead atoms. The highest BCUT2D eigenvalue weighted by atomic mass is 32.2. The fraction of sp³-hybridized carbons (Fsp3) is 0.333. The quantitative estimate of drug-likeness (QED) is 0.389. The summed E-state index contributed by atoms with van der Waals surface area (Å²) < 4.78 is 0. The van der Waals surface area contributed by atoms with Gasteiger partial charge in [-0.3, -0.25) is 9.79 Å². The van der Waals surface area contributed by atoms with Crippen LogP contribution in [0, 0.1) is 12.8 Å². The molecular weight excluding hydrogens is 436 g/mol. The van der Waals surface area contributed by atoms with Crippen LogP contribution in [0.5, 0.6) is 0 Å². The lowest BCUT2D eigenvalue weighted by atomic mass is 9.90. The van der Waals surface area contributed by atoms with E-state index in [4.69, 9.17) is 4.99 Å². The van der Waals surface area contributed by atoms with Crippen LogP contribution in [0.15, 0.2) is 81.5 Å². The Morgan fingerprint density at radius 1 is 1.00 bits per heavy atom. The molecule has 1 saturated heterocycles. The van der Waals surface area contributed by atoms with Gasteiger partial charge < -0.3 is 4.90 Å². The van der Waals surface area contributed by atoms with Gasteiger partial charge in [0.25, 0.3) is 5.91 Å². The maximum Gasteiger partial charge on any atom is 0.253 e. The molecule has 174 valence electrons. The summed E-state index contributed by atoms with van der Waals surface area (Å²) in [5, 5.41) is 0. The Bertz CT molecular complexity index is 1210. The van der Waals surface area contributed by atoms with Crippen LogP contribution < -0.4 is 0 Å². The topological polar surface area (TPSA) is 32.7 Å². The molecule has 0 spiro atoms. The third kappa shape index (κ3) is 4.97. The zero-order valence-electron chi connectivity index (χ0n) is 20.1. The lowest BCUT2D eigenvalue weighted by Crippen LogP contribution is -2.38. The van der Waals surface area contributed by atoms with E-state index in [0.717, 1.165) is 67.1 Å². The molecule has 5 rings (SSSR count). The highest BCUT2D eigenvalue weighted by Crippen LogP contribution is 2.41. The number of carbonyl (C=O) groups excluding carboxylic acids is 1. The van der Waals surface area contributed by atoms with Crippen molar-refractivity contribution in [1.82, 2.24) is 4.90 Å². The molecule has 1 amide bonds. The van der Waals surface area contributed by atoms with E-state index in [9.17, 15) is 4.79 Å². The van der Waals surface area contributed by atoms with E-state index < -0.39 is 0 Å². The van der Waals surface area contributed by atoms with E-state index in [1.165, 1.54) is 21.6 Å². The monoisotopic (exact) mass is 468 g/mol. The lowest BCUT2D eigenvalue weighted by Gasteiger charge is -2.32. The van der Waals surface area contributed by atoms with Crippen molar-refractivity contribution in [3.05, 3.63) is 89.0 Å². The van der Waals surface area contributed by atoms with Gasteiger partial charge in [0, 0.05) is 39.7 Å². The number of hydrogen-bond acceptors (Lipinski definition) is 3. The number of amides is 1. The standard InChI is InChI=1S/C30H32N2OS/c1-3-7-26-25-18-21(2)10-12-28(25)34-29-13-11-24(20-27(29)31-26)30(33)32-16-14-23(15-17-32)19-22-8-5-4-6-9-22/h4-6,8-13,18,20,23H,3,7,14-17,19H2,1-2H3. The van der Waals surface area contributed by atoms with Crippen molar-refractivity contribution in [2.45, 2.75) is 55.7 Å². The van der Waals surface area contributed by atoms with Crippen LogP contribution in [0.25, 0.3) is 0 Å². The van der Waals surface area contributed by atoms with E-state index >= 15 is 0 Å². The first kappa shape index (κ1) is 22.9. The molecule has 1 fully saturated rings. The van der Waals surface area contributed by atoms with Gasteiger partial charge in [-0.05, 0) is 74.4 Å². The van der Waals surface area contributed by atoms with Crippen LogP contribution in [-0.4, -0.2) is 29.6 Å². The molecule has 2 aliphatic heterocycles. The minimum Gasteiger partial charge on any atom is -0.339 e. The van der Waals surface area contributed by atoms with E-state index in [1.54, 1.807) is 11.8 Å². The highest BCUT2D eigenvalue weighted by Gasteiger charge is 2.25. The lowest BCUT2D eigenvalue weighted by molar-refractivity contribution is 0.0690. The van der Waals surface area contributed by atoms with E-state index in [2.05, 4.69) is 68.4 Å². The third-order valence-electron chi connectivity index (χ3n) is 6.88. The number of hydrogen-bond donors (Lipinski definition) is 0. The Kier molecular flexibility index (Phi) is 6.87. The Morgan fingerprint density at radius 3 is 2.53 bits per heavy atom. The maximum atomic E-state index is 13.4. The first-order valence-corrected chi connectivity index (χ1v) is 13.3. The van der Waals surface area contributed by atoms with Gasteiger partial charge in [-0.25, -0.2) is 0 Å². The summed E-state index contributed by atoms with van der Waals surface area (Å²) in [7, 11) is 0. The van der Waals surface area contributed by atoms with Crippen LogP contribution >= 0.6 is 11.8 Å². The summed E-state index contributed by atoms with van der Waals surface area (Å²) >= 11 is 1.76. The summed E-state index contributed by atoms with van der Waals surface area (Å²) in [5.41, 5.74) is 6.68. The Morgan fingerprint density at radius 2 is 1.76 bits per heavy atom. The summed E-state index contributed by atoms with van der Waals surface area (Å²) in [6.07, 6.45) is 5.21. The second-order valence-electron chi connectivity index (χ2n) is 9.52. The molecule has 3 nitrogen and oxygen atoms in total. The predicted molar refractivity (Wildman–Crippen MR) is 142 cm³/mol. The van der Waals surface area contributed by atoms with Crippen molar-refractivity contribution in [2.75, 3.05) is 13.1 Å². The predicted octanol–water partition coefficient (Wildman–Crippen LogP) is 7.48. The molecule has 0 saturated carbocycles. The van der Waals surface area contributed by atoms with Gasteiger partial charge in [-0.15, -0.1) is 0 Å². The largest absolute Gasteiger partial charge is 0.339 e. The van der Waals surface area contributed by atoms with Crippen LogP contribution in [0.2, 0.25) is 0 Å². The van der Waals surface area contributed by atoms with Gasteiger partial charge in [-0.1, -0.05) is 67.1 Å². The average molecular weight is 469 g/mol. The summed E-state index contributed by atoms with van der Waals surface area (Å²) in [4.78, 5) is 22.9. The Hall–Kier alpha value is -2.85. The van der Waals surface area contributed by atoms with Crippen LogP contribution in [0.4, 0.5) is 5.69 Å². The molecule has 34 heavy (non-hydrogen) atoms. The van der Waals surface area contributed by atoms with E-state index in [1.807, 2.05) is 17.0 Å². The molecule has 2 aliphatic rings. The van der Waals surface area contributed by atoms with Crippen molar-refractivity contribution in [1.29, 1.82) is 0 Å². The molecule has 4 heteroatoms. The van der Waals surface area contributed by atoms with Gasteiger partial charge >= 0.3 is 0 Å². The first-order valence-electron chi connectivity index (χ1n) is 12.4. The van der Waals surface area contributed by atoms with Crippen molar-refractivity contribution in [3.8, 4) is 0 Å². The number of nitrogens with zero attached hydrogens (tertiary/aromatic N) is 2. The SMILES string of the molecule is CCCC1=Nc2cc(C(=O)N3CCC(Cc4ccccc4)CC3)ccc2Sc2ccc(C)cc21. The first-order chi connectivity index (χ1) is 16.6. The zero-order chi connectivity index (χ0) is 23.5. The van der Waals surface area contributed by atoms with Gasteiger partial charge in [0.15, 0.2) is 0 Å². The summed E-state index contributed by atoms with van der Waals surface area (Å²) in [5.74, 6) is 0.786. The van der Waals surface area contributed by atoms with Crippen molar-refractivity contribution in [2.24, 2.45) is 10.9 Å². The minimum atomic E-state index is 0.135. The van der Waals surface area contributed by atoms with Gasteiger partial charge in [0.05, 0.1) is 5.69 Å². The van der Waals surface area contributed by atoms with Crippen LogP contribution in [0.1, 0.15) is 59.7 Å². The number of aliphatic imine (C=N–C) groups is 1. The molecule has 3 aromatic rings. The van der Waals surface area contributed by atoms with Crippen LogP contribution in [-0.2, 0) is 6.42 Å². The van der Waals surface area contributed by atoms with Gasteiger partial charge in [-0.2, -0.15) is 0 Å². The van der Waals surface area contributed by atoms with Crippen molar-refractivity contribution in [3.63, 3.8) is 0 Å². The Balaban J connectivity index is 1.33.